The lowest BCUT2D eigenvalue weighted by Gasteiger charge is -2.14. The third-order valence-electron chi connectivity index (χ3n) is 3.88. The van der Waals surface area contributed by atoms with Crippen LogP contribution in [-0.4, -0.2) is 28.6 Å². The SMILES string of the molecule is Cc1cccc2[nH]cc(CC(=O)NCCC(O)C(C)C)c12. The summed E-state index contributed by atoms with van der Waals surface area (Å²) in [7, 11) is 0. The molecule has 3 N–H and O–H groups in total. The second kappa shape index (κ2) is 6.76. The van der Waals surface area contributed by atoms with Gasteiger partial charge >= 0.3 is 0 Å². The lowest BCUT2D eigenvalue weighted by atomic mass is 10.0. The first kappa shape index (κ1) is 15.6. The first-order chi connectivity index (χ1) is 9.99. The van der Waals surface area contributed by atoms with Gasteiger partial charge in [0.15, 0.2) is 0 Å². The molecule has 0 aliphatic carbocycles. The van der Waals surface area contributed by atoms with Gasteiger partial charge in [-0.3, -0.25) is 4.79 Å². The minimum atomic E-state index is -0.361. The molecule has 0 radical (unpaired) electrons. The van der Waals surface area contributed by atoms with Gasteiger partial charge in [0, 0.05) is 23.6 Å². The molecule has 1 aromatic heterocycles. The molecular formula is C17H24N2O2. The van der Waals surface area contributed by atoms with E-state index in [9.17, 15) is 9.90 Å². The van der Waals surface area contributed by atoms with Gasteiger partial charge in [0.1, 0.15) is 0 Å². The maximum atomic E-state index is 12.0. The smallest absolute Gasteiger partial charge is 0.224 e. The Morgan fingerprint density at radius 1 is 1.38 bits per heavy atom. The fourth-order valence-electron chi connectivity index (χ4n) is 2.52. The topological polar surface area (TPSA) is 65.1 Å². The molecule has 4 nitrogen and oxygen atoms in total. The molecule has 4 heteroatoms. The number of nitrogens with one attached hydrogen (secondary N) is 2. The first-order valence-corrected chi connectivity index (χ1v) is 7.49. The van der Waals surface area contributed by atoms with Gasteiger partial charge in [0.25, 0.3) is 0 Å². The minimum Gasteiger partial charge on any atom is -0.393 e. The molecule has 0 bridgehead atoms. The van der Waals surface area contributed by atoms with E-state index in [-0.39, 0.29) is 17.9 Å². The fraction of sp³-hybridized carbons (Fsp3) is 0.471. The van der Waals surface area contributed by atoms with Gasteiger partial charge in [0.05, 0.1) is 12.5 Å². The zero-order valence-electron chi connectivity index (χ0n) is 12.9. The molecular weight excluding hydrogens is 264 g/mol. The van der Waals surface area contributed by atoms with Crippen LogP contribution in [-0.2, 0) is 11.2 Å². The van der Waals surface area contributed by atoms with Crippen LogP contribution in [0.3, 0.4) is 0 Å². The standard InChI is InChI=1S/C17H24N2O2/c1-11(2)15(20)7-8-18-16(21)9-13-10-19-14-6-4-5-12(3)17(13)14/h4-6,10-11,15,19-20H,7-9H2,1-3H3,(H,18,21). The summed E-state index contributed by atoms with van der Waals surface area (Å²) in [6, 6.07) is 6.07. The largest absolute Gasteiger partial charge is 0.393 e. The van der Waals surface area contributed by atoms with E-state index >= 15 is 0 Å². The van der Waals surface area contributed by atoms with Gasteiger partial charge in [-0.15, -0.1) is 0 Å². The van der Waals surface area contributed by atoms with Gasteiger partial charge in [-0.2, -0.15) is 0 Å². The molecule has 1 heterocycles. The van der Waals surface area contributed by atoms with Gasteiger partial charge in [-0.25, -0.2) is 0 Å². The fourth-order valence-corrected chi connectivity index (χ4v) is 2.52. The summed E-state index contributed by atoms with van der Waals surface area (Å²) in [5, 5.41) is 13.7. The van der Waals surface area contributed by atoms with E-state index in [4.69, 9.17) is 0 Å². The van der Waals surface area contributed by atoms with Crippen molar-refractivity contribution in [3.8, 4) is 0 Å². The van der Waals surface area contributed by atoms with Crippen LogP contribution in [0.25, 0.3) is 10.9 Å². The zero-order valence-corrected chi connectivity index (χ0v) is 12.9. The van der Waals surface area contributed by atoms with E-state index in [1.165, 1.54) is 5.56 Å². The van der Waals surface area contributed by atoms with E-state index in [2.05, 4.69) is 23.3 Å². The number of aryl methyl sites for hydroxylation is 1. The number of aliphatic hydroxyl groups is 1. The quantitative estimate of drug-likeness (QED) is 0.765. The Kier molecular flexibility index (Phi) is 5.02. The van der Waals surface area contributed by atoms with Crippen molar-refractivity contribution >= 4 is 16.8 Å². The number of hydrogen-bond acceptors (Lipinski definition) is 2. The van der Waals surface area contributed by atoms with Crippen molar-refractivity contribution in [3.63, 3.8) is 0 Å². The molecule has 2 rings (SSSR count). The van der Waals surface area contributed by atoms with E-state index in [0.29, 0.717) is 19.4 Å². The van der Waals surface area contributed by atoms with E-state index in [1.54, 1.807) is 0 Å². The number of H-pyrrole nitrogens is 1. The van der Waals surface area contributed by atoms with Crippen molar-refractivity contribution in [2.24, 2.45) is 5.92 Å². The molecule has 0 aliphatic rings. The number of amides is 1. The second-order valence-electron chi connectivity index (χ2n) is 5.94. The molecule has 1 atom stereocenters. The highest BCUT2D eigenvalue weighted by atomic mass is 16.3. The number of carbonyl (C=O) groups is 1. The van der Waals surface area contributed by atoms with Gasteiger partial charge < -0.3 is 15.4 Å². The van der Waals surface area contributed by atoms with Gasteiger partial charge in [0.2, 0.25) is 5.91 Å². The average molecular weight is 288 g/mol. The Morgan fingerprint density at radius 2 is 2.14 bits per heavy atom. The Labute approximate surface area is 125 Å². The number of hydrogen-bond donors (Lipinski definition) is 3. The summed E-state index contributed by atoms with van der Waals surface area (Å²) in [5.74, 6) is 0.216. The monoisotopic (exact) mass is 288 g/mol. The first-order valence-electron chi connectivity index (χ1n) is 7.49. The maximum Gasteiger partial charge on any atom is 0.224 e. The minimum absolute atomic E-state index is 0.00453. The predicted molar refractivity (Wildman–Crippen MR) is 85.2 cm³/mol. The van der Waals surface area contributed by atoms with Crippen LogP contribution in [0.15, 0.2) is 24.4 Å². The number of carbonyl (C=O) groups excluding carboxylic acids is 1. The lowest BCUT2D eigenvalue weighted by molar-refractivity contribution is -0.120. The summed E-state index contributed by atoms with van der Waals surface area (Å²) in [6.07, 6.45) is 2.50. The van der Waals surface area contributed by atoms with Crippen LogP contribution in [0, 0.1) is 12.8 Å². The van der Waals surface area contributed by atoms with Crippen molar-refractivity contribution in [2.75, 3.05) is 6.54 Å². The van der Waals surface area contributed by atoms with E-state index < -0.39 is 0 Å². The van der Waals surface area contributed by atoms with Crippen molar-refractivity contribution in [3.05, 3.63) is 35.5 Å². The van der Waals surface area contributed by atoms with Crippen molar-refractivity contribution < 1.29 is 9.90 Å². The van der Waals surface area contributed by atoms with E-state index in [0.717, 1.165) is 16.5 Å². The van der Waals surface area contributed by atoms with Gasteiger partial charge in [-0.1, -0.05) is 26.0 Å². The van der Waals surface area contributed by atoms with Crippen LogP contribution in [0.5, 0.6) is 0 Å². The predicted octanol–water partition coefficient (Wildman–Crippen LogP) is 2.54. The summed E-state index contributed by atoms with van der Waals surface area (Å²) >= 11 is 0. The zero-order chi connectivity index (χ0) is 15.4. The molecule has 0 saturated carbocycles. The van der Waals surface area contributed by atoms with Crippen molar-refractivity contribution in [1.29, 1.82) is 0 Å². The number of fused-ring (bicyclic) bond motifs is 1. The summed E-state index contributed by atoms with van der Waals surface area (Å²) < 4.78 is 0. The maximum absolute atomic E-state index is 12.0. The van der Waals surface area contributed by atoms with Crippen molar-refractivity contribution in [1.82, 2.24) is 10.3 Å². The normalized spacial score (nSPS) is 12.8. The highest BCUT2D eigenvalue weighted by Gasteiger charge is 2.12. The average Bonchev–Trinajstić information content (AvgIpc) is 2.83. The second-order valence-corrected chi connectivity index (χ2v) is 5.94. The third kappa shape index (κ3) is 3.85. The molecule has 0 spiro atoms. The lowest BCUT2D eigenvalue weighted by Crippen LogP contribution is -2.29. The summed E-state index contributed by atoms with van der Waals surface area (Å²) in [4.78, 5) is 15.2. The Balaban J connectivity index is 1.93. The molecule has 21 heavy (non-hydrogen) atoms. The number of rotatable bonds is 6. The van der Waals surface area contributed by atoms with Crippen LogP contribution in [0.4, 0.5) is 0 Å². The molecule has 0 fully saturated rings. The molecule has 1 amide bonds. The van der Waals surface area contributed by atoms with Crippen LogP contribution < -0.4 is 5.32 Å². The van der Waals surface area contributed by atoms with Crippen LogP contribution in [0.1, 0.15) is 31.4 Å². The molecule has 2 aromatic rings. The van der Waals surface area contributed by atoms with E-state index in [1.807, 2.05) is 32.2 Å². The van der Waals surface area contributed by atoms with Crippen LogP contribution >= 0.6 is 0 Å². The number of aromatic amines is 1. The highest BCUT2D eigenvalue weighted by molar-refractivity contribution is 5.90. The Bertz CT molecular complexity index is 616. The number of benzene rings is 1. The number of aliphatic hydroxyl groups excluding tert-OH is 1. The molecule has 0 saturated heterocycles. The molecule has 0 aliphatic heterocycles. The molecule has 114 valence electrons. The Hall–Kier alpha value is -1.81. The molecule has 1 unspecified atom stereocenters. The summed E-state index contributed by atoms with van der Waals surface area (Å²) in [5.41, 5.74) is 3.25. The van der Waals surface area contributed by atoms with Crippen molar-refractivity contribution in [2.45, 2.75) is 39.7 Å². The van der Waals surface area contributed by atoms with Crippen LogP contribution in [0.2, 0.25) is 0 Å². The van der Waals surface area contributed by atoms with Gasteiger partial charge in [-0.05, 0) is 36.5 Å². The highest BCUT2D eigenvalue weighted by Crippen LogP contribution is 2.22. The third-order valence-corrected chi connectivity index (χ3v) is 3.88. The molecule has 1 aromatic carbocycles. The Morgan fingerprint density at radius 3 is 2.86 bits per heavy atom. The summed E-state index contributed by atoms with van der Waals surface area (Å²) in [6.45, 7) is 6.51. The number of aromatic nitrogens is 1.